The van der Waals surface area contributed by atoms with Crippen molar-refractivity contribution in [3.8, 4) is 11.5 Å². The van der Waals surface area contributed by atoms with Crippen molar-refractivity contribution in [2.75, 3.05) is 6.61 Å². The number of rotatable bonds is 4. The minimum absolute atomic E-state index is 0.295. The number of ether oxygens (including phenoxy) is 1. The summed E-state index contributed by atoms with van der Waals surface area (Å²) < 4.78 is 6.31. The van der Waals surface area contributed by atoms with Gasteiger partial charge in [0, 0.05) is 10.2 Å². The Morgan fingerprint density at radius 3 is 2.92 bits per heavy atom. The topological polar surface area (TPSA) is 29.5 Å². The van der Waals surface area contributed by atoms with Crippen LogP contribution in [0.25, 0.3) is 0 Å². The van der Waals surface area contributed by atoms with Gasteiger partial charge in [-0.25, -0.2) is 0 Å². The zero-order valence-corrected chi connectivity index (χ0v) is 11.7. The van der Waals surface area contributed by atoms with Gasteiger partial charge in [-0.05, 0) is 41.1 Å². The summed E-state index contributed by atoms with van der Waals surface area (Å²) >= 11 is 2.09. The van der Waals surface area contributed by atoms with E-state index in [9.17, 15) is 5.11 Å². The second-order valence-electron chi connectivity index (χ2n) is 2.79. The van der Waals surface area contributed by atoms with Gasteiger partial charge >= 0.3 is 0 Å². The maximum absolute atomic E-state index is 9.38. The number of benzene rings is 1. The first-order valence-corrected chi connectivity index (χ1v) is 6.85. The minimum Gasteiger partial charge on any atom is -0.507 e. The predicted molar refractivity (Wildman–Crippen MR) is 65.7 cm³/mol. The van der Waals surface area contributed by atoms with Crippen molar-refractivity contribution in [1.29, 1.82) is 0 Å². The molecule has 1 aromatic carbocycles. The second kappa shape index (κ2) is 5.49. The lowest BCUT2D eigenvalue weighted by Gasteiger charge is -2.07. The third kappa shape index (κ3) is 3.19. The molecule has 72 valence electrons. The fraction of sp³-hybridized carbons (Fsp3) is 0.333. The molecule has 4 heteroatoms. The highest BCUT2D eigenvalue weighted by molar-refractivity contribution is 14.1. The van der Waals surface area contributed by atoms with E-state index in [-0.39, 0.29) is 0 Å². The molecule has 0 saturated heterocycles. The lowest BCUT2D eigenvalue weighted by atomic mass is 10.3. The summed E-state index contributed by atoms with van der Waals surface area (Å²) in [5.74, 6) is 1.08. The van der Waals surface area contributed by atoms with Crippen LogP contribution in [0.2, 0.25) is 6.04 Å². The monoisotopic (exact) mass is 308 g/mol. The van der Waals surface area contributed by atoms with E-state index >= 15 is 0 Å². The first-order chi connectivity index (χ1) is 6.25. The molecule has 0 aliphatic heterocycles. The molecule has 0 aliphatic carbocycles. The van der Waals surface area contributed by atoms with Crippen molar-refractivity contribution in [3.05, 3.63) is 21.8 Å². The highest BCUT2D eigenvalue weighted by Crippen LogP contribution is 2.28. The van der Waals surface area contributed by atoms with Crippen molar-refractivity contribution in [2.45, 2.75) is 12.5 Å². The summed E-state index contributed by atoms with van der Waals surface area (Å²) in [6.07, 6.45) is 1.11. The Labute approximate surface area is 94.9 Å². The van der Waals surface area contributed by atoms with Crippen LogP contribution in [0, 0.1) is 3.57 Å². The largest absolute Gasteiger partial charge is 0.507 e. The van der Waals surface area contributed by atoms with E-state index in [0.29, 0.717) is 5.75 Å². The quantitative estimate of drug-likeness (QED) is 0.519. The summed E-state index contributed by atoms with van der Waals surface area (Å²) in [6, 6.07) is 6.61. The van der Waals surface area contributed by atoms with Crippen LogP contribution in [-0.2, 0) is 0 Å². The van der Waals surface area contributed by atoms with Crippen molar-refractivity contribution in [2.24, 2.45) is 0 Å². The third-order valence-corrected chi connectivity index (χ3v) is 3.49. The van der Waals surface area contributed by atoms with Gasteiger partial charge in [0.05, 0.1) is 10.2 Å². The zero-order chi connectivity index (χ0) is 9.68. The van der Waals surface area contributed by atoms with Crippen molar-refractivity contribution in [3.63, 3.8) is 0 Å². The highest BCUT2D eigenvalue weighted by atomic mass is 127. The van der Waals surface area contributed by atoms with Crippen LogP contribution in [0.15, 0.2) is 18.2 Å². The maximum Gasteiger partial charge on any atom is 0.136 e. The lowest BCUT2D eigenvalue weighted by molar-refractivity contribution is 0.313. The van der Waals surface area contributed by atoms with E-state index in [4.69, 9.17) is 4.74 Å². The molecule has 0 unspecified atom stereocenters. The van der Waals surface area contributed by atoms with Gasteiger partial charge in [-0.15, -0.1) is 0 Å². The molecular formula is C9H13IO2Si. The summed E-state index contributed by atoms with van der Waals surface area (Å²) in [4.78, 5) is 0. The first kappa shape index (κ1) is 10.8. The van der Waals surface area contributed by atoms with Gasteiger partial charge in [0.2, 0.25) is 0 Å². The molecule has 0 heterocycles. The molecule has 0 atom stereocenters. The average molecular weight is 308 g/mol. The van der Waals surface area contributed by atoms with Gasteiger partial charge in [-0.1, -0.05) is 12.1 Å². The molecule has 2 nitrogen and oxygen atoms in total. The number of hydrogen-bond acceptors (Lipinski definition) is 2. The van der Waals surface area contributed by atoms with Crippen LogP contribution in [-0.4, -0.2) is 22.0 Å². The Morgan fingerprint density at radius 1 is 1.46 bits per heavy atom. The molecule has 13 heavy (non-hydrogen) atoms. The van der Waals surface area contributed by atoms with Crippen molar-refractivity contribution in [1.82, 2.24) is 0 Å². The molecule has 0 bridgehead atoms. The molecule has 1 rings (SSSR count). The van der Waals surface area contributed by atoms with Gasteiger partial charge < -0.3 is 9.84 Å². The Balaban J connectivity index is 2.61. The lowest BCUT2D eigenvalue weighted by Crippen LogP contribution is -1.98. The molecule has 0 aliphatic rings. The van der Waals surface area contributed by atoms with E-state index in [1.807, 2.05) is 6.07 Å². The first-order valence-electron chi connectivity index (χ1n) is 4.36. The van der Waals surface area contributed by atoms with Crippen LogP contribution in [0.1, 0.15) is 6.42 Å². The molecule has 1 aromatic rings. The molecule has 0 saturated carbocycles. The average Bonchev–Trinajstić information content (AvgIpc) is 2.13. The zero-order valence-electron chi connectivity index (χ0n) is 7.59. The van der Waals surface area contributed by atoms with E-state index in [2.05, 4.69) is 22.6 Å². The molecule has 1 N–H and O–H groups in total. The summed E-state index contributed by atoms with van der Waals surface area (Å²) in [6.45, 7) is 0.753. The van der Waals surface area contributed by atoms with Crippen molar-refractivity contribution < 1.29 is 9.84 Å². The van der Waals surface area contributed by atoms with Crippen LogP contribution < -0.4 is 4.74 Å². The molecule has 0 amide bonds. The van der Waals surface area contributed by atoms with Crippen LogP contribution in [0.3, 0.4) is 0 Å². The molecular weight excluding hydrogens is 295 g/mol. The third-order valence-electron chi connectivity index (χ3n) is 1.70. The molecule has 0 aromatic heterocycles. The van der Waals surface area contributed by atoms with E-state index in [0.717, 1.165) is 22.3 Å². The number of aromatic hydroxyl groups is 1. The fourth-order valence-corrected chi connectivity index (χ4v) is 1.74. The molecule has 0 spiro atoms. The van der Waals surface area contributed by atoms with Crippen LogP contribution in [0.4, 0.5) is 0 Å². The Kier molecular flexibility index (Phi) is 4.58. The molecule has 0 fully saturated rings. The summed E-state index contributed by atoms with van der Waals surface area (Å²) in [5, 5.41) is 9.38. The summed E-state index contributed by atoms with van der Waals surface area (Å²) in [7, 11) is 1.23. The highest BCUT2D eigenvalue weighted by Gasteiger charge is 2.03. The summed E-state index contributed by atoms with van der Waals surface area (Å²) in [5.41, 5.74) is 0. The predicted octanol–water partition coefficient (Wildman–Crippen LogP) is 1.55. The SMILES string of the molecule is Oc1cccc(OCCC[SiH3])c1I. The number of phenols is 1. The molecule has 0 radical (unpaired) electrons. The van der Waals surface area contributed by atoms with Gasteiger partial charge in [-0.2, -0.15) is 0 Å². The second-order valence-corrected chi connectivity index (χ2v) is 4.87. The fourth-order valence-electron chi connectivity index (χ4n) is 0.937. The number of halogens is 1. The van der Waals surface area contributed by atoms with Gasteiger partial charge in [0.25, 0.3) is 0 Å². The smallest absolute Gasteiger partial charge is 0.136 e. The Hall–Kier alpha value is -0.233. The Bertz CT molecular complexity index is 278. The maximum atomic E-state index is 9.38. The number of hydrogen-bond donors (Lipinski definition) is 1. The van der Waals surface area contributed by atoms with Gasteiger partial charge in [0.15, 0.2) is 0 Å². The standard InChI is InChI=1S/C9H13IO2Si/c10-9-7(11)3-1-4-8(9)12-5-2-6-13/h1,3-4,11H,2,5-6H2,13H3. The Morgan fingerprint density at radius 2 is 2.23 bits per heavy atom. The van der Waals surface area contributed by atoms with E-state index in [1.165, 1.54) is 16.3 Å². The van der Waals surface area contributed by atoms with Crippen LogP contribution in [0.5, 0.6) is 11.5 Å². The normalized spacial score (nSPS) is 10.2. The van der Waals surface area contributed by atoms with Gasteiger partial charge in [-0.3, -0.25) is 0 Å². The van der Waals surface area contributed by atoms with E-state index in [1.54, 1.807) is 12.1 Å². The van der Waals surface area contributed by atoms with Gasteiger partial charge in [0.1, 0.15) is 11.5 Å². The van der Waals surface area contributed by atoms with E-state index < -0.39 is 0 Å². The van der Waals surface area contributed by atoms with Crippen LogP contribution >= 0.6 is 22.6 Å². The minimum atomic E-state index is 0.295. The van der Waals surface area contributed by atoms with Crippen molar-refractivity contribution >= 4 is 32.8 Å². The number of phenolic OH excluding ortho intramolecular Hbond substituents is 1.